The molecule has 16 heavy (non-hydrogen) atoms. The highest BCUT2D eigenvalue weighted by Crippen LogP contribution is 2.17. The molecule has 0 spiro atoms. The molecule has 2 N–H and O–H groups in total. The van der Waals surface area contributed by atoms with Gasteiger partial charge < -0.3 is 10.5 Å². The molecule has 1 heterocycles. The number of aromatic nitrogens is 2. The van der Waals surface area contributed by atoms with E-state index in [0.717, 1.165) is 24.2 Å². The highest BCUT2D eigenvalue weighted by molar-refractivity contribution is 5.23. The molecule has 0 saturated carbocycles. The van der Waals surface area contributed by atoms with Gasteiger partial charge in [0.05, 0.1) is 11.3 Å². The molecule has 0 atom stereocenters. The summed E-state index contributed by atoms with van der Waals surface area (Å²) < 4.78 is 7.42. The summed E-state index contributed by atoms with van der Waals surface area (Å²) >= 11 is 0. The minimum absolute atomic E-state index is 0.102. The first-order valence-electron chi connectivity index (χ1n) is 5.69. The lowest BCUT2D eigenvalue weighted by Crippen LogP contribution is -2.25. The topological polar surface area (TPSA) is 53.1 Å². The van der Waals surface area contributed by atoms with Crippen molar-refractivity contribution in [3.05, 3.63) is 17.0 Å². The van der Waals surface area contributed by atoms with E-state index in [1.165, 1.54) is 5.69 Å². The van der Waals surface area contributed by atoms with E-state index in [1.54, 1.807) is 7.11 Å². The van der Waals surface area contributed by atoms with Gasteiger partial charge in [0.15, 0.2) is 0 Å². The van der Waals surface area contributed by atoms with Crippen LogP contribution in [0.5, 0.6) is 0 Å². The molecule has 4 heteroatoms. The summed E-state index contributed by atoms with van der Waals surface area (Å²) in [5.74, 6) is 0. The monoisotopic (exact) mass is 225 g/mol. The van der Waals surface area contributed by atoms with Crippen molar-refractivity contribution < 1.29 is 4.74 Å². The lowest BCUT2D eigenvalue weighted by molar-refractivity contribution is 0.0112. The second kappa shape index (κ2) is 4.97. The van der Waals surface area contributed by atoms with Crippen molar-refractivity contribution in [3.8, 4) is 0 Å². The van der Waals surface area contributed by atoms with Gasteiger partial charge in [-0.3, -0.25) is 4.68 Å². The highest BCUT2D eigenvalue weighted by Gasteiger charge is 2.18. The molecule has 0 fully saturated rings. The second-order valence-corrected chi connectivity index (χ2v) is 4.79. The van der Waals surface area contributed by atoms with Crippen molar-refractivity contribution in [2.75, 3.05) is 7.11 Å². The van der Waals surface area contributed by atoms with E-state index in [0.29, 0.717) is 6.54 Å². The first-order chi connectivity index (χ1) is 7.41. The average Bonchev–Trinajstić information content (AvgIpc) is 2.51. The van der Waals surface area contributed by atoms with Crippen molar-refractivity contribution in [1.82, 2.24) is 9.78 Å². The van der Waals surface area contributed by atoms with Crippen molar-refractivity contribution in [2.24, 2.45) is 5.73 Å². The first kappa shape index (κ1) is 13.2. The normalized spacial score (nSPS) is 12.1. The van der Waals surface area contributed by atoms with Crippen LogP contribution in [0.25, 0.3) is 0 Å². The van der Waals surface area contributed by atoms with Crippen LogP contribution in [0.2, 0.25) is 0 Å². The van der Waals surface area contributed by atoms with E-state index < -0.39 is 0 Å². The fourth-order valence-electron chi connectivity index (χ4n) is 1.72. The highest BCUT2D eigenvalue weighted by atomic mass is 16.5. The van der Waals surface area contributed by atoms with Crippen LogP contribution >= 0.6 is 0 Å². The molecular formula is C12H23N3O. The van der Waals surface area contributed by atoms with Gasteiger partial charge >= 0.3 is 0 Å². The van der Waals surface area contributed by atoms with Crippen LogP contribution < -0.4 is 5.73 Å². The van der Waals surface area contributed by atoms with Gasteiger partial charge in [-0.2, -0.15) is 5.10 Å². The maximum atomic E-state index is 5.69. The third-order valence-corrected chi connectivity index (χ3v) is 3.21. The smallest absolute Gasteiger partial charge is 0.0641 e. The van der Waals surface area contributed by atoms with Crippen molar-refractivity contribution in [2.45, 2.75) is 52.8 Å². The van der Waals surface area contributed by atoms with Gasteiger partial charge in [0.25, 0.3) is 0 Å². The molecule has 92 valence electrons. The Morgan fingerprint density at radius 3 is 2.44 bits per heavy atom. The van der Waals surface area contributed by atoms with E-state index in [4.69, 9.17) is 10.5 Å². The molecular weight excluding hydrogens is 202 g/mol. The molecule has 0 saturated heterocycles. The molecule has 0 amide bonds. The van der Waals surface area contributed by atoms with Crippen LogP contribution in [-0.2, 0) is 17.8 Å². The molecule has 0 aliphatic carbocycles. The largest absolute Gasteiger partial charge is 0.379 e. The third kappa shape index (κ3) is 2.83. The van der Waals surface area contributed by atoms with Gasteiger partial charge in [0.1, 0.15) is 0 Å². The van der Waals surface area contributed by atoms with Gasteiger partial charge in [-0.15, -0.1) is 0 Å². The maximum absolute atomic E-state index is 5.69. The summed E-state index contributed by atoms with van der Waals surface area (Å²) in [6.45, 7) is 9.68. The van der Waals surface area contributed by atoms with Crippen LogP contribution in [0.1, 0.15) is 37.2 Å². The average molecular weight is 225 g/mol. The lowest BCUT2D eigenvalue weighted by Gasteiger charge is -2.22. The van der Waals surface area contributed by atoms with Gasteiger partial charge in [0, 0.05) is 31.5 Å². The minimum Gasteiger partial charge on any atom is -0.379 e. The number of hydrogen-bond acceptors (Lipinski definition) is 3. The number of rotatable bonds is 5. The SMILES string of the molecule is COC(C)(C)CCn1nc(C)c(CN)c1C. The van der Waals surface area contributed by atoms with Crippen molar-refractivity contribution in [3.63, 3.8) is 0 Å². The fourth-order valence-corrected chi connectivity index (χ4v) is 1.72. The van der Waals surface area contributed by atoms with E-state index in [9.17, 15) is 0 Å². The Labute approximate surface area is 97.8 Å². The Hall–Kier alpha value is -0.870. The number of ether oxygens (including phenoxy) is 1. The van der Waals surface area contributed by atoms with Crippen LogP contribution in [0.15, 0.2) is 0 Å². The molecule has 0 unspecified atom stereocenters. The molecule has 0 radical (unpaired) electrons. The van der Waals surface area contributed by atoms with Gasteiger partial charge in [-0.1, -0.05) is 0 Å². The van der Waals surface area contributed by atoms with Gasteiger partial charge in [-0.25, -0.2) is 0 Å². The standard InChI is InChI=1S/C12H23N3O/c1-9-11(8-13)10(2)15(14-9)7-6-12(3,4)16-5/h6-8,13H2,1-5H3. The minimum atomic E-state index is -0.102. The van der Waals surface area contributed by atoms with Crippen LogP contribution in [-0.4, -0.2) is 22.5 Å². The Morgan fingerprint density at radius 1 is 1.38 bits per heavy atom. The summed E-state index contributed by atoms with van der Waals surface area (Å²) in [5.41, 5.74) is 8.97. The van der Waals surface area contributed by atoms with E-state index in [2.05, 4.69) is 25.9 Å². The first-order valence-corrected chi connectivity index (χ1v) is 5.69. The predicted octanol–water partition coefficient (Wildman–Crippen LogP) is 1.77. The number of methoxy groups -OCH3 is 1. The summed E-state index contributed by atoms with van der Waals surface area (Å²) in [6, 6.07) is 0. The fraction of sp³-hybridized carbons (Fsp3) is 0.750. The van der Waals surface area contributed by atoms with Gasteiger partial charge in [-0.05, 0) is 34.1 Å². The van der Waals surface area contributed by atoms with E-state index in [-0.39, 0.29) is 5.60 Å². The third-order valence-electron chi connectivity index (χ3n) is 3.21. The van der Waals surface area contributed by atoms with Crippen molar-refractivity contribution >= 4 is 0 Å². The van der Waals surface area contributed by atoms with Crippen molar-refractivity contribution in [1.29, 1.82) is 0 Å². The molecule has 1 aromatic rings. The van der Waals surface area contributed by atoms with Crippen LogP contribution in [0, 0.1) is 13.8 Å². The zero-order chi connectivity index (χ0) is 12.3. The molecule has 4 nitrogen and oxygen atoms in total. The molecule has 1 aromatic heterocycles. The molecule has 0 aliphatic rings. The second-order valence-electron chi connectivity index (χ2n) is 4.79. The summed E-state index contributed by atoms with van der Waals surface area (Å²) in [4.78, 5) is 0. The number of nitrogens with two attached hydrogens (primary N) is 1. The van der Waals surface area contributed by atoms with E-state index in [1.807, 2.05) is 11.6 Å². The Kier molecular flexibility index (Phi) is 4.10. The van der Waals surface area contributed by atoms with Crippen LogP contribution in [0.3, 0.4) is 0 Å². The maximum Gasteiger partial charge on any atom is 0.0641 e. The molecule has 0 bridgehead atoms. The number of nitrogens with zero attached hydrogens (tertiary/aromatic N) is 2. The van der Waals surface area contributed by atoms with Gasteiger partial charge in [0.2, 0.25) is 0 Å². The summed E-state index contributed by atoms with van der Waals surface area (Å²) in [5, 5.41) is 4.50. The molecule has 0 aliphatic heterocycles. The Morgan fingerprint density at radius 2 is 2.00 bits per heavy atom. The van der Waals surface area contributed by atoms with E-state index >= 15 is 0 Å². The summed E-state index contributed by atoms with van der Waals surface area (Å²) in [7, 11) is 1.74. The zero-order valence-electron chi connectivity index (χ0n) is 11.0. The lowest BCUT2D eigenvalue weighted by atomic mass is 10.1. The zero-order valence-corrected chi connectivity index (χ0v) is 11.0. The molecule has 0 aromatic carbocycles. The number of hydrogen-bond donors (Lipinski definition) is 1. The Balaban J connectivity index is 2.75. The summed E-state index contributed by atoms with van der Waals surface area (Å²) in [6.07, 6.45) is 0.940. The predicted molar refractivity (Wildman–Crippen MR) is 65.3 cm³/mol. The molecule has 1 rings (SSSR count). The van der Waals surface area contributed by atoms with Crippen LogP contribution in [0.4, 0.5) is 0 Å². The Bertz CT molecular complexity index is 355. The quantitative estimate of drug-likeness (QED) is 0.831. The number of aryl methyl sites for hydroxylation is 2.